The Bertz CT molecular complexity index is 454. The normalized spacial score (nSPS) is 28.3. The topological polar surface area (TPSA) is 13.0 Å². The summed E-state index contributed by atoms with van der Waals surface area (Å²) in [6.45, 7) is 28.0. The van der Waals surface area contributed by atoms with Crippen LogP contribution < -0.4 is 0 Å². The molecule has 4 heteroatoms. The lowest BCUT2D eigenvalue weighted by Crippen LogP contribution is -2.65. The summed E-state index contributed by atoms with van der Waals surface area (Å²) in [6.07, 6.45) is 2.69. The zero-order valence-electron chi connectivity index (χ0n) is 18.6. The van der Waals surface area contributed by atoms with Crippen molar-refractivity contribution in [3.05, 3.63) is 0 Å². The van der Waals surface area contributed by atoms with Crippen molar-refractivity contribution in [1.82, 2.24) is 19.6 Å². The van der Waals surface area contributed by atoms with Gasteiger partial charge in [0, 0.05) is 76.0 Å². The molecule has 3 heterocycles. The van der Waals surface area contributed by atoms with Crippen molar-refractivity contribution in [2.75, 3.05) is 58.9 Å². The molecule has 3 rings (SSSR count). The van der Waals surface area contributed by atoms with Crippen LogP contribution in [-0.4, -0.2) is 95.6 Å². The maximum atomic E-state index is 2.80. The van der Waals surface area contributed by atoms with Crippen molar-refractivity contribution in [2.45, 2.75) is 78.4 Å². The van der Waals surface area contributed by atoms with E-state index in [2.05, 4.69) is 68.1 Å². The number of likely N-dealkylation sites (tertiary alicyclic amines) is 2. The van der Waals surface area contributed by atoms with Crippen molar-refractivity contribution in [3.8, 4) is 0 Å². The molecule has 0 unspecified atom stereocenters. The largest absolute Gasteiger partial charge is 0.300 e. The monoisotopic (exact) mass is 364 g/mol. The molecule has 152 valence electrons. The molecule has 4 nitrogen and oxygen atoms in total. The van der Waals surface area contributed by atoms with Gasteiger partial charge in [0.2, 0.25) is 0 Å². The number of piperazine rings is 1. The molecule has 0 spiro atoms. The zero-order valence-corrected chi connectivity index (χ0v) is 18.6. The van der Waals surface area contributed by atoms with Crippen LogP contribution in [0.4, 0.5) is 0 Å². The number of hydrogen-bond donors (Lipinski definition) is 0. The highest BCUT2D eigenvalue weighted by atomic mass is 15.3. The van der Waals surface area contributed by atoms with Crippen LogP contribution in [0.25, 0.3) is 0 Å². The molecule has 0 amide bonds. The molecule has 0 aliphatic carbocycles. The van der Waals surface area contributed by atoms with Gasteiger partial charge >= 0.3 is 0 Å². The quantitative estimate of drug-likeness (QED) is 0.763. The average Bonchev–Trinajstić information content (AvgIpc) is 2.50. The summed E-state index contributed by atoms with van der Waals surface area (Å²) in [7, 11) is 0. The Morgan fingerprint density at radius 2 is 1.35 bits per heavy atom. The fourth-order valence-corrected chi connectivity index (χ4v) is 5.18. The molecule has 0 atom stereocenters. The Morgan fingerprint density at radius 3 is 1.81 bits per heavy atom. The highest BCUT2D eigenvalue weighted by Gasteiger charge is 2.41. The Kier molecular flexibility index (Phi) is 5.81. The summed E-state index contributed by atoms with van der Waals surface area (Å²) in [6, 6.07) is 0.819. The zero-order chi connectivity index (χ0) is 19.2. The van der Waals surface area contributed by atoms with E-state index in [0.29, 0.717) is 16.5 Å². The van der Waals surface area contributed by atoms with E-state index in [-0.39, 0.29) is 0 Å². The molecule has 0 aromatic rings. The van der Waals surface area contributed by atoms with E-state index in [1.807, 2.05) is 0 Å². The van der Waals surface area contributed by atoms with Gasteiger partial charge in [-0.05, 0) is 46.0 Å². The maximum absolute atomic E-state index is 2.80. The van der Waals surface area contributed by atoms with Gasteiger partial charge in [0.25, 0.3) is 0 Å². The van der Waals surface area contributed by atoms with Crippen molar-refractivity contribution in [2.24, 2.45) is 5.41 Å². The highest BCUT2D eigenvalue weighted by molar-refractivity contribution is 4.98. The van der Waals surface area contributed by atoms with E-state index in [4.69, 9.17) is 0 Å². The van der Waals surface area contributed by atoms with Gasteiger partial charge in [-0.15, -0.1) is 0 Å². The minimum atomic E-state index is 0.319. The van der Waals surface area contributed by atoms with Crippen molar-refractivity contribution < 1.29 is 0 Å². The lowest BCUT2D eigenvalue weighted by atomic mass is 9.85. The van der Waals surface area contributed by atoms with Gasteiger partial charge in [-0.2, -0.15) is 0 Å². The van der Waals surface area contributed by atoms with Gasteiger partial charge in [0.05, 0.1) is 0 Å². The molecular weight excluding hydrogens is 320 g/mol. The van der Waals surface area contributed by atoms with Crippen LogP contribution in [0.15, 0.2) is 0 Å². The van der Waals surface area contributed by atoms with Gasteiger partial charge in [-0.1, -0.05) is 20.8 Å². The van der Waals surface area contributed by atoms with Crippen LogP contribution in [0.2, 0.25) is 0 Å². The smallest absolute Gasteiger partial charge is 0.0350 e. The number of hydrogen-bond acceptors (Lipinski definition) is 4. The van der Waals surface area contributed by atoms with E-state index < -0.39 is 0 Å². The molecular formula is C22H44N4. The predicted molar refractivity (Wildman–Crippen MR) is 112 cm³/mol. The molecule has 3 aliphatic heterocycles. The van der Waals surface area contributed by atoms with Crippen molar-refractivity contribution in [3.63, 3.8) is 0 Å². The minimum Gasteiger partial charge on any atom is -0.300 e. The lowest BCUT2D eigenvalue weighted by Gasteiger charge is -2.54. The molecule has 0 N–H and O–H groups in total. The molecule has 0 saturated carbocycles. The van der Waals surface area contributed by atoms with Gasteiger partial charge in [0.1, 0.15) is 0 Å². The number of piperidine rings is 1. The predicted octanol–water partition coefficient (Wildman–Crippen LogP) is 2.99. The SMILES string of the molecule is CC(C)(C)CN1CC(N2CCC(C)(N3CCN(C(C)(C)C)CC3)CC2)C1. The van der Waals surface area contributed by atoms with E-state index in [0.717, 1.165) is 6.04 Å². The summed E-state index contributed by atoms with van der Waals surface area (Å²) in [5.41, 5.74) is 1.18. The summed E-state index contributed by atoms with van der Waals surface area (Å²) < 4.78 is 0. The second kappa shape index (κ2) is 7.35. The summed E-state index contributed by atoms with van der Waals surface area (Å²) in [5.74, 6) is 0. The highest BCUT2D eigenvalue weighted by Crippen LogP contribution is 2.33. The Balaban J connectivity index is 1.42. The molecule has 3 fully saturated rings. The van der Waals surface area contributed by atoms with Crippen LogP contribution in [0, 0.1) is 5.41 Å². The Hall–Kier alpha value is -0.160. The molecule has 0 aromatic heterocycles. The molecule has 26 heavy (non-hydrogen) atoms. The third-order valence-electron chi connectivity index (χ3n) is 7.02. The van der Waals surface area contributed by atoms with Gasteiger partial charge in [-0.25, -0.2) is 0 Å². The van der Waals surface area contributed by atoms with E-state index in [1.165, 1.54) is 71.7 Å². The molecule has 0 aromatic carbocycles. The Labute approximate surface area is 162 Å². The van der Waals surface area contributed by atoms with Gasteiger partial charge in [0.15, 0.2) is 0 Å². The third kappa shape index (κ3) is 4.81. The van der Waals surface area contributed by atoms with Crippen LogP contribution in [0.3, 0.4) is 0 Å². The molecule has 3 saturated heterocycles. The van der Waals surface area contributed by atoms with Crippen LogP contribution in [0.1, 0.15) is 61.3 Å². The summed E-state index contributed by atoms with van der Waals surface area (Å²) in [4.78, 5) is 10.9. The van der Waals surface area contributed by atoms with E-state index in [1.54, 1.807) is 0 Å². The first-order chi connectivity index (χ1) is 12.0. The van der Waals surface area contributed by atoms with Gasteiger partial charge in [-0.3, -0.25) is 19.6 Å². The fraction of sp³-hybridized carbons (Fsp3) is 1.00. The second-order valence-electron chi connectivity index (χ2n) is 11.6. The number of rotatable bonds is 3. The third-order valence-corrected chi connectivity index (χ3v) is 7.02. The van der Waals surface area contributed by atoms with E-state index in [9.17, 15) is 0 Å². The van der Waals surface area contributed by atoms with Crippen LogP contribution in [0.5, 0.6) is 0 Å². The fourth-order valence-electron chi connectivity index (χ4n) is 5.18. The first kappa shape index (κ1) is 20.6. The van der Waals surface area contributed by atoms with Gasteiger partial charge < -0.3 is 0 Å². The average molecular weight is 365 g/mol. The molecule has 0 bridgehead atoms. The first-order valence-electron chi connectivity index (χ1n) is 10.9. The second-order valence-corrected chi connectivity index (χ2v) is 11.6. The standard InChI is InChI=1S/C22H44N4/c1-20(2,3)18-23-16-19(17-23)24-10-8-22(7,9-11-24)26-14-12-25(13-15-26)21(4,5)6/h19H,8-18H2,1-7H3. The van der Waals surface area contributed by atoms with E-state index >= 15 is 0 Å². The van der Waals surface area contributed by atoms with Crippen molar-refractivity contribution >= 4 is 0 Å². The van der Waals surface area contributed by atoms with Crippen LogP contribution >= 0.6 is 0 Å². The lowest BCUT2D eigenvalue weighted by molar-refractivity contribution is -0.0488. The maximum Gasteiger partial charge on any atom is 0.0350 e. The Morgan fingerprint density at radius 1 is 0.808 bits per heavy atom. The molecule has 3 aliphatic rings. The minimum absolute atomic E-state index is 0.319. The van der Waals surface area contributed by atoms with Crippen molar-refractivity contribution in [1.29, 1.82) is 0 Å². The first-order valence-corrected chi connectivity index (χ1v) is 10.9. The summed E-state index contributed by atoms with van der Waals surface area (Å²) >= 11 is 0. The molecule has 0 radical (unpaired) electrons. The van der Waals surface area contributed by atoms with Crippen LogP contribution in [-0.2, 0) is 0 Å². The number of nitrogens with zero attached hydrogens (tertiary/aromatic N) is 4. The summed E-state index contributed by atoms with van der Waals surface area (Å²) in [5, 5.41) is 0.